The first-order valence-electron chi connectivity index (χ1n) is 17.1. The lowest BCUT2D eigenvalue weighted by molar-refractivity contribution is -0.132. The molecule has 0 unspecified atom stereocenters. The first-order valence-corrected chi connectivity index (χ1v) is 18.3. The summed E-state index contributed by atoms with van der Waals surface area (Å²) in [5.74, 6) is 0.126. The fourth-order valence-electron chi connectivity index (χ4n) is 6.71. The van der Waals surface area contributed by atoms with Crippen LogP contribution in [0.1, 0.15) is 31.2 Å². The van der Waals surface area contributed by atoms with E-state index in [2.05, 4.69) is 53.7 Å². The van der Waals surface area contributed by atoms with Crippen LogP contribution in [-0.4, -0.2) is 101 Å². The number of anilines is 1. The predicted molar refractivity (Wildman–Crippen MR) is 194 cm³/mol. The van der Waals surface area contributed by atoms with Gasteiger partial charge in [-0.2, -0.15) is 10.2 Å². The molecule has 0 bridgehead atoms. The zero-order valence-corrected chi connectivity index (χ0v) is 29.3. The molecule has 2 N–H and O–H groups in total. The van der Waals surface area contributed by atoms with Crippen molar-refractivity contribution in [1.29, 1.82) is 0 Å². The number of ether oxygens (including phenoxy) is 1. The van der Waals surface area contributed by atoms with E-state index in [-0.39, 0.29) is 30.3 Å². The van der Waals surface area contributed by atoms with Gasteiger partial charge in [0.05, 0.1) is 17.8 Å². The first kappa shape index (κ1) is 33.1. The van der Waals surface area contributed by atoms with Crippen LogP contribution in [-0.2, 0) is 16.6 Å². The number of hydrogen-bond donors (Lipinski definition) is 2. The van der Waals surface area contributed by atoms with Gasteiger partial charge in [-0.05, 0) is 73.4 Å². The number of aromatic nitrogens is 6. The Bertz CT molecular complexity index is 2140. The molecule has 2 fully saturated rings. The van der Waals surface area contributed by atoms with Crippen LogP contribution in [0.4, 0.5) is 10.1 Å². The van der Waals surface area contributed by atoms with Gasteiger partial charge < -0.3 is 15.0 Å². The molecule has 0 spiro atoms. The van der Waals surface area contributed by atoms with E-state index in [0.29, 0.717) is 55.5 Å². The highest BCUT2D eigenvalue weighted by molar-refractivity contribution is 8.00. The standard InChI is InChI=1S/C37H38FN9O3S/c1-45-22-39-34(44-45)25-5-3-23(4-6-25)24-13-16-47(17-14-24)32(48)20-46-18-15-37(21-46,51-2)36(49)40-26-7-11-30-28(19-26)33(43-42-30)31-12-10-29(38)35(41-31)50-27-8-9-27/h3-7,10-13,19,22,27H,8-9,14-18,20-21H2,1-2H3,(H,40,49)(H,42,43)/t37-/m0/s1. The van der Waals surface area contributed by atoms with Crippen LogP contribution in [0.5, 0.6) is 5.88 Å². The maximum atomic E-state index is 14.4. The molecular formula is C37H38FN9O3S. The van der Waals surface area contributed by atoms with Crippen molar-refractivity contribution < 1.29 is 18.7 Å². The molecule has 1 atom stereocenters. The van der Waals surface area contributed by atoms with Gasteiger partial charge in [-0.15, -0.1) is 11.8 Å². The summed E-state index contributed by atoms with van der Waals surface area (Å²) in [7, 11) is 1.85. The number of pyridine rings is 1. The Morgan fingerprint density at radius 2 is 1.92 bits per heavy atom. The fraction of sp³-hybridized carbons (Fsp3) is 0.351. The van der Waals surface area contributed by atoms with Crippen LogP contribution in [0, 0.1) is 5.82 Å². The maximum absolute atomic E-state index is 14.4. The molecule has 51 heavy (non-hydrogen) atoms. The molecule has 2 amide bonds. The number of amides is 2. The number of aromatic amines is 1. The lowest BCUT2D eigenvalue weighted by atomic mass is 9.98. The van der Waals surface area contributed by atoms with Crippen LogP contribution < -0.4 is 10.1 Å². The largest absolute Gasteiger partial charge is 0.472 e. The molecule has 5 aromatic rings. The number of benzene rings is 2. The van der Waals surface area contributed by atoms with Crippen molar-refractivity contribution in [3.8, 4) is 28.7 Å². The average Bonchev–Trinajstić information content (AvgIpc) is 3.48. The number of carbonyl (C=O) groups is 2. The van der Waals surface area contributed by atoms with Crippen molar-refractivity contribution in [3.63, 3.8) is 0 Å². The fourth-order valence-corrected chi connectivity index (χ4v) is 7.55. The number of thioether (sulfide) groups is 1. The van der Waals surface area contributed by atoms with Crippen LogP contribution in [0.3, 0.4) is 0 Å². The molecule has 262 valence electrons. The summed E-state index contributed by atoms with van der Waals surface area (Å²) in [5.41, 5.74) is 5.73. The monoisotopic (exact) mass is 707 g/mol. The van der Waals surface area contributed by atoms with Gasteiger partial charge in [0.25, 0.3) is 5.88 Å². The van der Waals surface area contributed by atoms with E-state index in [4.69, 9.17) is 4.74 Å². The SMILES string of the molecule is CS[C@@]1(C(=O)Nc2ccc3[nH]nc(-c4ccc(F)c(OC5CC5)n4)c3c2)CCN(CC(=O)N2CC=C(c3ccc(-c4ncn(C)n4)cc3)CC2)C1. The number of halogens is 1. The summed E-state index contributed by atoms with van der Waals surface area (Å²) < 4.78 is 21.0. The molecule has 1 saturated carbocycles. The van der Waals surface area contributed by atoms with E-state index in [1.165, 1.54) is 23.4 Å². The molecule has 8 rings (SSSR count). The molecule has 14 heteroatoms. The Hall–Kier alpha value is -5.08. The van der Waals surface area contributed by atoms with Gasteiger partial charge >= 0.3 is 0 Å². The van der Waals surface area contributed by atoms with Gasteiger partial charge in [-0.25, -0.2) is 14.4 Å². The third-order valence-electron chi connectivity index (χ3n) is 9.83. The summed E-state index contributed by atoms with van der Waals surface area (Å²) in [6, 6.07) is 16.7. The van der Waals surface area contributed by atoms with Crippen molar-refractivity contribution in [2.75, 3.05) is 44.3 Å². The average molecular weight is 708 g/mol. The number of nitrogens with zero attached hydrogens (tertiary/aromatic N) is 7. The molecule has 3 aliphatic rings. The smallest absolute Gasteiger partial charge is 0.251 e. The number of aryl methyl sites for hydroxylation is 1. The van der Waals surface area contributed by atoms with Crippen molar-refractivity contribution in [2.24, 2.45) is 7.05 Å². The zero-order valence-electron chi connectivity index (χ0n) is 28.4. The van der Waals surface area contributed by atoms with Gasteiger partial charge in [-0.1, -0.05) is 30.3 Å². The van der Waals surface area contributed by atoms with E-state index in [0.717, 1.165) is 41.3 Å². The molecule has 5 heterocycles. The van der Waals surface area contributed by atoms with Gasteiger partial charge in [0, 0.05) is 49.9 Å². The highest BCUT2D eigenvalue weighted by Crippen LogP contribution is 2.37. The van der Waals surface area contributed by atoms with Gasteiger partial charge in [0.2, 0.25) is 11.8 Å². The zero-order chi connectivity index (χ0) is 35.1. The number of hydrogen-bond acceptors (Lipinski definition) is 9. The van der Waals surface area contributed by atoms with Crippen molar-refractivity contribution in [1.82, 2.24) is 39.7 Å². The highest BCUT2D eigenvalue weighted by atomic mass is 32.2. The Balaban J connectivity index is 0.888. The number of nitrogens with one attached hydrogen (secondary N) is 2. The van der Waals surface area contributed by atoms with Crippen molar-refractivity contribution in [2.45, 2.75) is 36.5 Å². The second-order valence-corrected chi connectivity index (χ2v) is 14.6. The number of rotatable bonds is 10. The van der Waals surface area contributed by atoms with E-state index in [1.54, 1.807) is 17.1 Å². The van der Waals surface area contributed by atoms with Crippen LogP contribution in [0.15, 0.2) is 67.0 Å². The minimum atomic E-state index is -0.700. The number of fused-ring (bicyclic) bond motifs is 1. The molecular weight excluding hydrogens is 670 g/mol. The maximum Gasteiger partial charge on any atom is 0.251 e. The summed E-state index contributed by atoms with van der Waals surface area (Å²) in [6.07, 6.45) is 8.97. The predicted octanol–water partition coefficient (Wildman–Crippen LogP) is 5.16. The van der Waals surface area contributed by atoms with E-state index < -0.39 is 10.6 Å². The number of H-pyrrole nitrogens is 1. The quantitative estimate of drug-likeness (QED) is 0.202. The van der Waals surface area contributed by atoms with E-state index in [9.17, 15) is 14.0 Å². The first-order chi connectivity index (χ1) is 24.8. The summed E-state index contributed by atoms with van der Waals surface area (Å²) >= 11 is 1.52. The Labute approximate surface area is 298 Å². The van der Waals surface area contributed by atoms with Crippen molar-refractivity contribution in [3.05, 3.63) is 78.4 Å². The Morgan fingerprint density at radius 3 is 2.65 bits per heavy atom. The van der Waals surface area contributed by atoms with Crippen LogP contribution in [0.2, 0.25) is 0 Å². The minimum Gasteiger partial charge on any atom is -0.472 e. The summed E-state index contributed by atoms with van der Waals surface area (Å²) in [5, 5.41) is 15.7. The van der Waals surface area contributed by atoms with Crippen LogP contribution >= 0.6 is 11.8 Å². The van der Waals surface area contributed by atoms with Gasteiger partial charge in [-0.3, -0.25) is 24.3 Å². The van der Waals surface area contributed by atoms with E-state index >= 15 is 0 Å². The lowest BCUT2D eigenvalue weighted by Gasteiger charge is -2.29. The third kappa shape index (κ3) is 6.85. The third-order valence-corrected chi connectivity index (χ3v) is 11.1. The topological polar surface area (TPSA) is 134 Å². The molecule has 3 aromatic heterocycles. The van der Waals surface area contributed by atoms with Gasteiger partial charge in [0.1, 0.15) is 22.9 Å². The van der Waals surface area contributed by atoms with Crippen LogP contribution in [0.25, 0.3) is 39.3 Å². The molecule has 2 aliphatic heterocycles. The highest BCUT2D eigenvalue weighted by Gasteiger charge is 2.44. The Kier molecular flexibility index (Phi) is 8.80. The molecule has 12 nitrogen and oxygen atoms in total. The summed E-state index contributed by atoms with van der Waals surface area (Å²) in [6.45, 7) is 2.60. The number of carbonyl (C=O) groups excluding carboxylic acids is 2. The summed E-state index contributed by atoms with van der Waals surface area (Å²) in [4.78, 5) is 39.9. The molecule has 0 radical (unpaired) electrons. The molecule has 1 saturated heterocycles. The molecule has 1 aliphatic carbocycles. The normalized spacial score (nSPS) is 19.4. The minimum absolute atomic E-state index is 0.00951. The second-order valence-electron chi connectivity index (χ2n) is 13.4. The second kappa shape index (κ2) is 13.6. The Morgan fingerprint density at radius 1 is 1.10 bits per heavy atom. The lowest BCUT2D eigenvalue weighted by Crippen LogP contribution is -2.45. The van der Waals surface area contributed by atoms with Crippen molar-refractivity contribution >= 4 is 45.7 Å². The van der Waals surface area contributed by atoms with Gasteiger partial charge in [0.15, 0.2) is 11.6 Å². The number of likely N-dealkylation sites (tertiary alicyclic amines) is 1. The van der Waals surface area contributed by atoms with E-state index in [1.807, 2.05) is 48.5 Å². The molecule has 2 aromatic carbocycles.